The van der Waals surface area contributed by atoms with Crippen LogP contribution in [0.25, 0.3) is 11.1 Å². The van der Waals surface area contributed by atoms with E-state index in [-0.39, 0.29) is 18.9 Å². The third-order valence-corrected chi connectivity index (χ3v) is 4.23. The van der Waals surface area contributed by atoms with Gasteiger partial charge in [-0.3, -0.25) is 4.79 Å². The van der Waals surface area contributed by atoms with Gasteiger partial charge >= 0.3 is 5.97 Å². The predicted molar refractivity (Wildman–Crippen MR) is 113 cm³/mol. The number of para-hydroxylation sites is 1. The number of likely N-dealkylation sites (N-methyl/N-ethyl adjacent to an activating group) is 1. The van der Waals surface area contributed by atoms with E-state index < -0.39 is 5.97 Å². The molecule has 6 heteroatoms. The average Bonchev–Trinajstić information content (AvgIpc) is 2.70. The summed E-state index contributed by atoms with van der Waals surface area (Å²) in [5, 5.41) is 8.83. The number of allylic oxidation sites excluding steroid dienone is 1. The van der Waals surface area contributed by atoms with Crippen LogP contribution in [0.3, 0.4) is 0 Å². The highest BCUT2D eigenvalue weighted by Crippen LogP contribution is 2.31. The van der Waals surface area contributed by atoms with Crippen molar-refractivity contribution in [2.75, 3.05) is 34.4 Å². The number of benzene rings is 2. The summed E-state index contributed by atoms with van der Waals surface area (Å²) < 4.78 is 17.2. The Kier molecular flexibility index (Phi) is 8.55. The number of methoxy groups -OCH3 is 1. The Labute approximate surface area is 172 Å². The molecule has 2 rings (SSSR count). The molecule has 0 heterocycles. The third kappa shape index (κ3) is 7.50. The Morgan fingerprint density at radius 3 is 2.41 bits per heavy atom. The minimum atomic E-state index is -0.872. The number of rotatable bonds is 12. The Morgan fingerprint density at radius 2 is 1.79 bits per heavy atom. The lowest BCUT2D eigenvalue weighted by Crippen LogP contribution is -2.33. The van der Waals surface area contributed by atoms with E-state index >= 15 is 0 Å². The van der Waals surface area contributed by atoms with Crippen LogP contribution in [0.15, 0.2) is 60.9 Å². The Morgan fingerprint density at radius 1 is 1.10 bits per heavy atom. The summed E-state index contributed by atoms with van der Waals surface area (Å²) in [7, 11) is 5.53. The quantitative estimate of drug-likeness (QED) is 0.543. The van der Waals surface area contributed by atoms with Crippen molar-refractivity contribution < 1.29 is 24.1 Å². The second-order valence-electron chi connectivity index (χ2n) is 6.97. The molecule has 0 fully saturated rings. The topological polar surface area (TPSA) is 68.2 Å². The van der Waals surface area contributed by atoms with Gasteiger partial charge in [-0.15, -0.1) is 0 Å². The average molecular weight is 399 g/mol. The molecule has 0 amide bonds. The van der Waals surface area contributed by atoms with Crippen molar-refractivity contribution in [3.05, 3.63) is 60.9 Å². The molecule has 156 valence electrons. The molecule has 6 nitrogen and oxygen atoms in total. The van der Waals surface area contributed by atoms with Crippen molar-refractivity contribution in [1.82, 2.24) is 4.90 Å². The lowest BCUT2D eigenvalue weighted by Gasteiger charge is -2.24. The summed E-state index contributed by atoms with van der Waals surface area (Å²) in [5.41, 5.74) is 2.00. The van der Waals surface area contributed by atoms with E-state index in [9.17, 15) is 4.79 Å². The number of nitrogens with zero attached hydrogens (tertiary/aromatic N) is 1. The summed E-state index contributed by atoms with van der Waals surface area (Å²) in [4.78, 5) is 12.7. The van der Waals surface area contributed by atoms with Crippen LogP contribution in [-0.2, 0) is 9.53 Å². The summed E-state index contributed by atoms with van der Waals surface area (Å²) in [5.74, 6) is 1.13. The third-order valence-electron chi connectivity index (χ3n) is 4.23. The number of carbonyl (C=O) groups is 1. The molecule has 0 aromatic heterocycles. The van der Waals surface area contributed by atoms with Crippen molar-refractivity contribution in [2.24, 2.45) is 0 Å². The van der Waals surface area contributed by atoms with Gasteiger partial charge < -0.3 is 24.2 Å². The highest BCUT2D eigenvalue weighted by molar-refractivity contribution is 5.70. The van der Waals surface area contributed by atoms with Gasteiger partial charge in [0.2, 0.25) is 0 Å². The fraction of sp³-hybridized carbons (Fsp3) is 0.348. The number of hydrogen-bond acceptors (Lipinski definition) is 5. The van der Waals surface area contributed by atoms with E-state index in [0.29, 0.717) is 18.9 Å². The van der Waals surface area contributed by atoms with E-state index in [1.54, 1.807) is 7.11 Å². The fourth-order valence-electron chi connectivity index (χ4n) is 2.86. The first kappa shape index (κ1) is 22.3. The van der Waals surface area contributed by atoms with Crippen LogP contribution in [-0.4, -0.2) is 56.4 Å². The van der Waals surface area contributed by atoms with Crippen molar-refractivity contribution in [1.29, 1.82) is 0 Å². The Bertz CT molecular complexity index is 801. The molecule has 1 unspecified atom stereocenters. The highest BCUT2D eigenvalue weighted by Gasteiger charge is 2.16. The van der Waals surface area contributed by atoms with Crippen LogP contribution in [0.4, 0.5) is 0 Å². The van der Waals surface area contributed by atoms with Gasteiger partial charge in [0.15, 0.2) is 0 Å². The zero-order chi connectivity index (χ0) is 21.2. The van der Waals surface area contributed by atoms with Gasteiger partial charge in [0.1, 0.15) is 24.2 Å². The van der Waals surface area contributed by atoms with Gasteiger partial charge in [-0.2, -0.15) is 0 Å². The van der Waals surface area contributed by atoms with E-state index in [1.807, 2.05) is 67.5 Å². The zero-order valence-corrected chi connectivity index (χ0v) is 17.3. The molecular weight excluding hydrogens is 370 g/mol. The summed E-state index contributed by atoms with van der Waals surface area (Å²) in [6.45, 7) is 4.78. The molecule has 2 aromatic rings. The molecule has 0 aliphatic rings. The van der Waals surface area contributed by atoms with Crippen LogP contribution >= 0.6 is 0 Å². The van der Waals surface area contributed by atoms with Gasteiger partial charge in [0.05, 0.1) is 19.3 Å². The first-order valence-corrected chi connectivity index (χ1v) is 9.46. The van der Waals surface area contributed by atoms with E-state index in [1.165, 1.54) is 0 Å². The van der Waals surface area contributed by atoms with Gasteiger partial charge in [0.25, 0.3) is 0 Å². The van der Waals surface area contributed by atoms with Crippen LogP contribution in [0, 0.1) is 0 Å². The van der Waals surface area contributed by atoms with Crippen molar-refractivity contribution in [3.8, 4) is 22.6 Å². The minimum absolute atomic E-state index is 0.00528. The van der Waals surface area contributed by atoms with Gasteiger partial charge in [-0.25, -0.2) is 0 Å². The van der Waals surface area contributed by atoms with Crippen LogP contribution < -0.4 is 9.47 Å². The van der Waals surface area contributed by atoms with E-state index in [0.717, 1.165) is 22.6 Å². The van der Waals surface area contributed by atoms with Crippen LogP contribution in [0.1, 0.15) is 12.8 Å². The molecule has 0 saturated heterocycles. The molecule has 1 N–H and O–H groups in total. The molecule has 0 spiro atoms. The van der Waals surface area contributed by atoms with E-state index in [2.05, 4.69) is 6.58 Å². The molecule has 0 aliphatic heterocycles. The maximum Gasteiger partial charge on any atom is 0.303 e. The second kappa shape index (κ2) is 11.1. The monoisotopic (exact) mass is 399 g/mol. The molecule has 0 saturated carbocycles. The zero-order valence-electron chi connectivity index (χ0n) is 17.3. The Balaban J connectivity index is 2.08. The first-order chi connectivity index (χ1) is 13.9. The number of carboxylic acid groups (broad SMARTS) is 1. The number of carboxylic acids is 1. The Hall–Kier alpha value is -2.99. The van der Waals surface area contributed by atoms with Crippen molar-refractivity contribution >= 4 is 5.97 Å². The van der Waals surface area contributed by atoms with Gasteiger partial charge in [-0.1, -0.05) is 36.9 Å². The molecule has 2 aromatic carbocycles. The molecule has 0 radical (unpaired) electrons. The maximum absolute atomic E-state index is 10.8. The minimum Gasteiger partial charge on any atom is -0.497 e. The fourth-order valence-corrected chi connectivity index (χ4v) is 2.86. The highest BCUT2D eigenvalue weighted by atomic mass is 16.5. The van der Waals surface area contributed by atoms with Crippen LogP contribution in [0.2, 0.25) is 0 Å². The second-order valence-corrected chi connectivity index (χ2v) is 6.97. The lowest BCUT2D eigenvalue weighted by atomic mass is 10.0. The number of ether oxygens (including phenoxy) is 3. The summed E-state index contributed by atoms with van der Waals surface area (Å²) >= 11 is 0. The first-order valence-electron chi connectivity index (χ1n) is 9.46. The molecule has 29 heavy (non-hydrogen) atoms. The van der Waals surface area contributed by atoms with Gasteiger partial charge in [-0.05, 0) is 37.9 Å². The van der Waals surface area contributed by atoms with Crippen molar-refractivity contribution in [2.45, 2.75) is 18.9 Å². The van der Waals surface area contributed by atoms with Gasteiger partial charge in [0, 0.05) is 18.5 Å². The summed E-state index contributed by atoms with van der Waals surface area (Å²) in [6.07, 6.45) is 0.00587. The molecule has 0 aliphatic carbocycles. The predicted octanol–water partition coefficient (Wildman–Crippen LogP) is 4.07. The largest absolute Gasteiger partial charge is 0.497 e. The smallest absolute Gasteiger partial charge is 0.303 e. The SMILES string of the molecule is C=C(CCC(=O)O)OC(COc1ccccc1-c1ccc(OC)cc1)CN(C)C. The molecule has 0 bridgehead atoms. The standard InChI is InChI=1S/C23H29NO5/c1-17(9-14-23(25)26)29-20(15-24(2)3)16-28-22-8-6-5-7-21(22)18-10-12-19(27-4)13-11-18/h5-8,10-13,20H,1,9,14-16H2,2-4H3,(H,25,26). The van der Waals surface area contributed by atoms with E-state index in [4.69, 9.17) is 19.3 Å². The maximum atomic E-state index is 10.8. The number of aliphatic carboxylic acids is 1. The summed E-state index contributed by atoms with van der Waals surface area (Å²) in [6, 6.07) is 15.6. The lowest BCUT2D eigenvalue weighted by molar-refractivity contribution is -0.137. The molecular formula is C23H29NO5. The normalized spacial score (nSPS) is 11.7. The van der Waals surface area contributed by atoms with Crippen LogP contribution in [0.5, 0.6) is 11.5 Å². The van der Waals surface area contributed by atoms with Crippen molar-refractivity contribution in [3.63, 3.8) is 0 Å². The number of hydrogen-bond donors (Lipinski definition) is 1. The molecule has 1 atom stereocenters.